The van der Waals surface area contributed by atoms with Gasteiger partial charge < -0.3 is 16.4 Å². The molecule has 4 N–H and O–H groups in total. The van der Waals surface area contributed by atoms with Gasteiger partial charge in [0, 0.05) is 19.8 Å². The Morgan fingerprint density at radius 1 is 0.857 bits per heavy atom. The monoisotopic (exact) mass is 381 g/mol. The zero-order valence-electron chi connectivity index (χ0n) is 16.5. The highest BCUT2D eigenvalue weighted by molar-refractivity contribution is 5.91. The van der Waals surface area contributed by atoms with E-state index in [2.05, 4.69) is 10.6 Å². The Morgan fingerprint density at radius 3 is 2.07 bits per heavy atom. The average molecular weight is 381 g/mol. The van der Waals surface area contributed by atoms with Crippen molar-refractivity contribution in [3.63, 3.8) is 0 Å². The van der Waals surface area contributed by atoms with Gasteiger partial charge in [0.2, 0.25) is 17.7 Å². The Hall–Kier alpha value is -3.15. The van der Waals surface area contributed by atoms with Crippen LogP contribution in [0.3, 0.4) is 0 Å². The van der Waals surface area contributed by atoms with E-state index in [4.69, 9.17) is 5.73 Å². The molecule has 0 aliphatic carbocycles. The summed E-state index contributed by atoms with van der Waals surface area (Å²) in [5.41, 5.74) is 9.58. The molecule has 0 aliphatic heterocycles. The van der Waals surface area contributed by atoms with Crippen LogP contribution >= 0.6 is 0 Å². The number of nitrogens with two attached hydrogens (primary N) is 1. The number of amides is 3. The van der Waals surface area contributed by atoms with Crippen LogP contribution < -0.4 is 16.4 Å². The molecule has 2 atom stereocenters. The van der Waals surface area contributed by atoms with Crippen molar-refractivity contribution in [1.82, 2.24) is 10.6 Å². The van der Waals surface area contributed by atoms with E-state index in [0.717, 1.165) is 22.3 Å². The SMILES string of the molecule is CC(=O)N[C@H](Cc1ccccc1)C(=O)N[C@H](Cc1ccc(C)c(C)c1)C(N)=O. The van der Waals surface area contributed by atoms with Crippen molar-refractivity contribution in [2.75, 3.05) is 0 Å². The lowest BCUT2D eigenvalue weighted by atomic mass is 9.99. The van der Waals surface area contributed by atoms with Crippen LogP contribution in [0.1, 0.15) is 29.2 Å². The molecule has 0 heterocycles. The molecule has 3 amide bonds. The molecule has 6 heteroatoms. The van der Waals surface area contributed by atoms with Crippen molar-refractivity contribution in [3.8, 4) is 0 Å². The third kappa shape index (κ3) is 6.23. The number of hydrogen-bond acceptors (Lipinski definition) is 3. The van der Waals surface area contributed by atoms with Gasteiger partial charge in [0.25, 0.3) is 0 Å². The molecule has 0 aliphatic rings. The first-order chi connectivity index (χ1) is 13.3. The summed E-state index contributed by atoms with van der Waals surface area (Å²) in [4.78, 5) is 36.2. The zero-order chi connectivity index (χ0) is 20.7. The lowest BCUT2D eigenvalue weighted by molar-refractivity contribution is -0.130. The molecule has 0 saturated heterocycles. The second kappa shape index (κ2) is 9.69. The third-order valence-electron chi connectivity index (χ3n) is 4.65. The van der Waals surface area contributed by atoms with Gasteiger partial charge in [-0.3, -0.25) is 14.4 Å². The lowest BCUT2D eigenvalue weighted by Crippen LogP contribution is -2.54. The topological polar surface area (TPSA) is 101 Å². The highest BCUT2D eigenvalue weighted by atomic mass is 16.2. The molecule has 6 nitrogen and oxygen atoms in total. The third-order valence-corrected chi connectivity index (χ3v) is 4.65. The first-order valence-corrected chi connectivity index (χ1v) is 9.23. The fraction of sp³-hybridized carbons (Fsp3) is 0.318. The molecule has 0 saturated carbocycles. The summed E-state index contributed by atoms with van der Waals surface area (Å²) >= 11 is 0. The van der Waals surface area contributed by atoms with Gasteiger partial charge in [0.1, 0.15) is 12.1 Å². The van der Waals surface area contributed by atoms with Crippen molar-refractivity contribution in [2.24, 2.45) is 5.73 Å². The standard InChI is InChI=1S/C22H27N3O3/c1-14-9-10-18(11-15(14)2)13-19(21(23)27)25-22(28)20(24-16(3)26)12-17-7-5-4-6-8-17/h4-11,19-20H,12-13H2,1-3H3,(H2,23,27)(H,24,26)(H,25,28)/t19-,20-/m1/s1. The predicted octanol–water partition coefficient (Wildman–Crippen LogP) is 1.56. The van der Waals surface area contributed by atoms with Gasteiger partial charge in [-0.25, -0.2) is 0 Å². The smallest absolute Gasteiger partial charge is 0.243 e. The van der Waals surface area contributed by atoms with Crippen LogP contribution in [0.5, 0.6) is 0 Å². The zero-order valence-corrected chi connectivity index (χ0v) is 16.5. The Labute approximate surface area is 165 Å². The Bertz CT molecular complexity index is 849. The van der Waals surface area contributed by atoms with Crippen LogP contribution in [0, 0.1) is 13.8 Å². The van der Waals surface area contributed by atoms with E-state index in [1.165, 1.54) is 6.92 Å². The molecule has 0 spiro atoms. The van der Waals surface area contributed by atoms with Crippen LogP contribution in [0.2, 0.25) is 0 Å². The van der Waals surface area contributed by atoms with Crippen LogP contribution in [0.15, 0.2) is 48.5 Å². The summed E-state index contributed by atoms with van der Waals surface area (Å²) in [6.45, 7) is 5.35. The van der Waals surface area contributed by atoms with E-state index >= 15 is 0 Å². The summed E-state index contributed by atoms with van der Waals surface area (Å²) in [5.74, 6) is -1.37. The predicted molar refractivity (Wildman–Crippen MR) is 108 cm³/mol. The molecule has 2 aromatic carbocycles. The molecular formula is C22H27N3O3. The Kier molecular flexibility index (Phi) is 7.32. The molecule has 148 valence electrons. The van der Waals surface area contributed by atoms with Crippen LogP contribution in [-0.2, 0) is 27.2 Å². The van der Waals surface area contributed by atoms with E-state index in [1.54, 1.807) is 0 Å². The van der Waals surface area contributed by atoms with Crippen molar-refractivity contribution in [2.45, 2.75) is 45.7 Å². The molecule has 0 fully saturated rings. The maximum absolute atomic E-state index is 12.8. The fourth-order valence-corrected chi connectivity index (χ4v) is 2.97. The van der Waals surface area contributed by atoms with Gasteiger partial charge in [-0.15, -0.1) is 0 Å². The minimum Gasteiger partial charge on any atom is -0.368 e. The maximum atomic E-state index is 12.8. The maximum Gasteiger partial charge on any atom is 0.243 e. The molecule has 0 radical (unpaired) electrons. The normalized spacial score (nSPS) is 12.7. The number of primary amides is 1. The Morgan fingerprint density at radius 2 is 1.50 bits per heavy atom. The second-order valence-corrected chi connectivity index (χ2v) is 7.03. The molecule has 0 bridgehead atoms. The number of carbonyl (C=O) groups excluding carboxylic acids is 3. The summed E-state index contributed by atoms with van der Waals surface area (Å²) in [7, 11) is 0. The van der Waals surface area contributed by atoms with Crippen LogP contribution in [0.4, 0.5) is 0 Å². The average Bonchev–Trinajstić information content (AvgIpc) is 2.64. The summed E-state index contributed by atoms with van der Waals surface area (Å²) in [6.07, 6.45) is 0.613. The van der Waals surface area contributed by atoms with E-state index in [9.17, 15) is 14.4 Å². The minimum atomic E-state index is -0.860. The lowest BCUT2D eigenvalue weighted by Gasteiger charge is -2.22. The molecule has 0 unspecified atom stereocenters. The number of benzene rings is 2. The number of hydrogen-bond donors (Lipinski definition) is 3. The van der Waals surface area contributed by atoms with Gasteiger partial charge in [0.15, 0.2) is 0 Å². The largest absolute Gasteiger partial charge is 0.368 e. The fourth-order valence-electron chi connectivity index (χ4n) is 2.97. The summed E-state index contributed by atoms with van der Waals surface area (Å²) < 4.78 is 0. The minimum absolute atomic E-state index is 0.292. The molecular weight excluding hydrogens is 354 g/mol. The van der Waals surface area contributed by atoms with E-state index in [0.29, 0.717) is 12.8 Å². The second-order valence-electron chi connectivity index (χ2n) is 7.03. The van der Waals surface area contributed by atoms with Crippen molar-refractivity contribution in [1.29, 1.82) is 0 Å². The number of carbonyl (C=O) groups is 3. The van der Waals surface area contributed by atoms with Crippen molar-refractivity contribution >= 4 is 17.7 Å². The molecule has 28 heavy (non-hydrogen) atoms. The van der Waals surface area contributed by atoms with E-state index in [1.807, 2.05) is 62.4 Å². The van der Waals surface area contributed by atoms with Gasteiger partial charge in [0.05, 0.1) is 0 Å². The molecule has 2 aromatic rings. The van der Waals surface area contributed by atoms with Crippen LogP contribution in [0.25, 0.3) is 0 Å². The summed E-state index contributed by atoms with van der Waals surface area (Å²) in [6, 6.07) is 13.6. The van der Waals surface area contributed by atoms with Gasteiger partial charge in [-0.05, 0) is 36.1 Å². The summed E-state index contributed by atoms with van der Waals surface area (Å²) in [5, 5.41) is 5.35. The Balaban J connectivity index is 2.13. The number of nitrogens with one attached hydrogen (secondary N) is 2. The van der Waals surface area contributed by atoms with Crippen LogP contribution in [-0.4, -0.2) is 29.8 Å². The number of rotatable bonds is 8. The van der Waals surface area contributed by atoms with Gasteiger partial charge >= 0.3 is 0 Å². The van der Waals surface area contributed by atoms with E-state index < -0.39 is 23.9 Å². The molecule has 0 aromatic heterocycles. The van der Waals surface area contributed by atoms with E-state index in [-0.39, 0.29) is 5.91 Å². The van der Waals surface area contributed by atoms with Gasteiger partial charge in [-0.2, -0.15) is 0 Å². The molecule has 2 rings (SSSR count). The van der Waals surface area contributed by atoms with Gasteiger partial charge in [-0.1, -0.05) is 48.5 Å². The first kappa shape index (κ1) is 21.2. The van der Waals surface area contributed by atoms with Crippen molar-refractivity contribution in [3.05, 3.63) is 70.8 Å². The quantitative estimate of drug-likeness (QED) is 0.647. The number of aryl methyl sites for hydroxylation is 2. The first-order valence-electron chi connectivity index (χ1n) is 9.23. The van der Waals surface area contributed by atoms with Crippen molar-refractivity contribution < 1.29 is 14.4 Å². The highest BCUT2D eigenvalue weighted by Crippen LogP contribution is 2.12. The highest BCUT2D eigenvalue weighted by Gasteiger charge is 2.25.